The number of piperidine rings is 1. The molecule has 0 radical (unpaired) electrons. The summed E-state index contributed by atoms with van der Waals surface area (Å²) in [6.07, 6.45) is 1.36. The molecule has 0 aliphatic carbocycles. The summed E-state index contributed by atoms with van der Waals surface area (Å²) in [5, 5.41) is 1.46. The zero-order valence-corrected chi connectivity index (χ0v) is 16.1. The van der Waals surface area contributed by atoms with E-state index in [-0.39, 0.29) is 35.8 Å². The van der Waals surface area contributed by atoms with E-state index in [9.17, 15) is 18.8 Å². The molecule has 1 aliphatic heterocycles. The Hall–Kier alpha value is -3.06. The lowest BCUT2D eigenvalue weighted by Gasteiger charge is -2.30. The number of methoxy groups -OCH3 is 1. The number of Topliss-reactive ketones (excluding diaryl/α,β-unsaturated/α-hetero) is 1. The normalized spacial score (nSPS) is 16.8. The van der Waals surface area contributed by atoms with E-state index in [1.54, 1.807) is 36.4 Å². The highest BCUT2D eigenvalue weighted by Gasteiger charge is 2.28. The summed E-state index contributed by atoms with van der Waals surface area (Å²) >= 11 is 0. The van der Waals surface area contributed by atoms with Gasteiger partial charge in [-0.25, -0.2) is 14.0 Å². The van der Waals surface area contributed by atoms with Crippen LogP contribution in [0.4, 0.5) is 4.39 Å². The van der Waals surface area contributed by atoms with Crippen molar-refractivity contribution in [1.29, 1.82) is 0 Å². The Balaban J connectivity index is 1.61. The second-order valence-corrected chi connectivity index (χ2v) is 6.91. The minimum atomic E-state index is -0.613. The van der Waals surface area contributed by atoms with E-state index in [0.717, 1.165) is 0 Å². The summed E-state index contributed by atoms with van der Waals surface area (Å²) in [5.74, 6) is -1.97. The first kappa shape index (κ1) is 20.7. The first-order chi connectivity index (χ1) is 14.0. The molecule has 1 saturated heterocycles. The third-order valence-corrected chi connectivity index (χ3v) is 4.89. The highest BCUT2D eigenvalue weighted by atomic mass is 19.1. The van der Waals surface area contributed by atoms with Crippen molar-refractivity contribution in [2.24, 2.45) is 5.92 Å². The number of carbonyl (C=O) groups is 3. The predicted molar refractivity (Wildman–Crippen MR) is 103 cm³/mol. The molecule has 0 amide bonds. The SMILES string of the molecule is COC(=O)c1cccc(C(=O)ON2CCCC(C(=O)Cc3ccccc3F)C2)c1. The van der Waals surface area contributed by atoms with Gasteiger partial charge in [0.2, 0.25) is 0 Å². The van der Waals surface area contributed by atoms with Gasteiger partial charge >= 0.3 is 11.9 Å². The Bertz CT molecular complexity index is 914. The standard InChI is InChI=1S/C22H22FNO5/c1-28-21(26)16-7-4-8-17(12-16)22(27)29-24-11-5-9-18(14-24)20(25)13-15-6-2-3-10-19(15)23/h2-4,6-8,10,12,18H,5,9,11,13-14H2,1H3. The molecule has 1 aliphatic rings. The molecule has 2 aromatic carbocycles. The average Bonchev–Trinajstić information content (AvgIpc) is 2.75. The maximum Gasteiger partial charge on any atom is 0.357 e. The number of hydroxylamine groups is 2. The third kappa shape index (κ3) is 5.26. The lowest BCUT2D eigenvalue weighted by atomic mass is 9.91. The van der Waals surface area contributed by atoms with E-state index < -0.39 is 17.8 Å². The van der Waals surface area contributed by atoms with Gasteiger partial charge in [-0.3, -0.25) is 4.79 Å². The molecule has 1 heterocycles. The van der Waals surface area contributed by atoms with Gasteiger partial charge in [0.15, 0.2) is 0 Å². The van der Waals surface area contributed by atoms with E-state index in [1.165, 1.54) is 24.3 Å². The van der Waals surface area contributed by atoms with Crippen LogP contribution in [0.2, 0.25) is 0 Å². The van der Waals surface area contributed by atoms with Crippen molar-refractivity contribution in [3.05, 3.63) is 71.0 Å². The molecule has 0 spiro atoms. The van der Waals surface area contributed by atoms with Crippen molar-refractivity contribution in [3.63, 3.8) is 0 Å². The number of hydrogen-bond donors (Lipinski definition) is 0. The van der Waals surface area contributed by atoms with Gasteiger partial charge in [-0.05, 0) is 42.7 Å². The van der Waals surface area contributed by atoms with E-state index >= 15 is 0 Å². The van der Waals surface area contributed by atoms with Gasteiger partial charge in [0, 0.05) is 25.4 Å². The van der Waals surface area contributed by atoms with Crippen molar-refractivity contribution >= 4 is 17.7 Å². The van der Waals surface area contributed by atoms with Gasteiger partial charge < -0.3 is 9.57 Å². The van der Waals surface area contributed by atoms with Crippen LogP contribution >= 0.6 is 0 Å². The number of rotatable bonds is 6. The minimum Gasteiger partial charge on any atom is -0.465 e. The summed E-state index contributed by atoms with van der Waals surface area (Å²) in [5.41, 5.74) is 0.831. The Morgan fingerprint density at radius 1 is 1.07 bits per heavy atom. The first-order valence-corrected chi connectivity index (χ1v) is 9.39. The number of carbonyl (C=O) groups excluding carboxylic acids is 3. The van der Waals surface area contributed by atoms with Crippen molar-refractivity contribution in [3.8, 4) is 0 Å². The van der Waals surface area contributed by atoms with Crippen molar-refractivity contribution in [2.75, 3.05) is 20.2 Å². The highest BCUT2D eigenvalue weighted by molar-refractivity contribution is 5.95. The summed E-state index contributed by atoms with van der Waals surface area (Å²) in [7, 11) is 1.26. The van der Waals surface area contributed by atoms with Crippen LogP contribution in [-0.2, 0) is 20.8 Å². The Labute approximate surface area is 168 Å². The molecule has 0 aromatic heterocycles. The lowest BCUT2D eigenvalue weighted by molar-refractivity contribution is -0.145. The monoisotopic (exact) mass is 399 g/mol. The summed E-state index contributed by atoms with van der Waals surface area (Å²) in [6, 6.07) is 12.3. The largest absolute Gasteiger partial charge is 0.465 e. The quantitative estimate of drug-likeness (QED) is 0.695. The van der Waals surface area contributed by atoms with Gasteiger partial charge in [0.05, 0.1) is 18.2 Å². The molecule has 152 valence electrons. The second-order valence-electron chi connectivity index (χ2n) is 6.91. The van der Waals surface area contributed by atoms with Crippen LogP contribution in [0.25, 0.3) is 0 Å². The second kappa shape index (κ2) is 9.43. The Morgan fingerprint density at radius 2 is 1.79 bits per heavy atom. The fourth-order valence-electron chi connectivity index (χ4n) is 3.32. The third-order valence-electron chi connectivity index (χ3n) is 4.89. The van der Waals surface area contributed by atoms with Crippen molar-refractivity contribution in [1.82, 2.24) is 5.06 Å². The number of hydrogen-bond acceptors (Lipinski definition) is 6. The zero-order chi connectivity index (χ0) is 20.8. The fraction of sp³-hybridized carbons (Fsp3) is 0.318. The average molecular weight is 399 g/mol. The zero-order valence-electron chi connectivity index (χ0n) is 16.1. The molecule has 0 N–H and O–H groups in total. The Kier molecular flexibility index (Phi) is 6.72. The molecule has 0 bridgehead atoms. The number of nitrogens with zero attached hydrogens (tertiary/aromatic N) is 1. The van der Waals surface area contributed by atoms with E-state index in [4.69, 9.17) is 4.84 Å². The summed E-state index contributed by atoms with van der Waals surface area (Å²) in [4.78, 5) is 42.1. The molecule has 2 aromatic rings. The number of ketones is 1. The van der Waals surface area contributed by atoms with Gasteiger partial charge in [0.25, 0.3) is 0 Å². The van der Waals surface area contributed by atoms with Crippen LogP contribution in [0.5, 0.6) is 0 Å². The molecule has 0 saturated carbocycles. The van der Waals surface area contributed by atoms with E-state index in [1.807, 2.05) is 0 Å². The van der Waals surface area contributed by atoms with E-state index in [0.29, 0.717) is 24.9 Å². The van der Waals surface area contributed by atoms with Crippen molar-refractivity contribution in [2.45, 2.75) is 19.3 Å². The number of benzene rings is 2. The maximum absolute atomic E-state index is 13.8. The molecule has 1 atom stereocenters. The van der Waals surface area contributed by atoms with Crippen LogP contribution in [0.3, 0.4) is 0 Å². The Morgan fingerprint density at radius 3 is 2.52 bits per heavy atom. The molecule has 29 heavy (non-hydrogen) atoms. The first-order valence-electron chi connectivity index (χ1n) is 9.39. The van der Waals surface area contributed by atoms with Crippen LogP contribution in [0, 0.1) is 11.7 Å². The molecule has 1 fully saturated rings. The van der Waals surface area contributed by atoms with Crippen LogP contribution in [0.15, 0.2) is 48.5 Å². The topological polar surface area (TPSA) is 72.9 Å². The van der Waals surface area contributed by atoms with E-state index in [2.05, 4.69) is 4.74 Å². The van der Waals surface area contributed by atoms with Gasteiger partial charge in [0.1, 0.15) is 11.6 Å². The molecular weight excluding hydrogens is 377 g/mol. The van der Waals surface area contributed by atoms with Crippen LogP contribution < -0.4 is 0 Å². The molecule has 6 nitrogen and oxygen atoms in total. The maximum atomic E-state index is 13.8. The smallest absolute Gasteiger partial charge is 0.357 e. The summed E-state index contributed by atoms with van der Waals surface area (Å²) < 4.78 is 18.5. The molecular formula is C22H22FNO5. The summed E-state index contributed by atoms with van der Waals surface area (Å²) in [6.45, 7) is 0.766. The van der Waals surface area contributed by atoms with Gasteiger partial charge in [-0.2, -0.15) is 0 Å². The lowest BCUT2D eigenvalue weighted by Crippen LogP contribution is -2.40. The fourth-order valence-corrected chi connectivity index (χ4v) is 3.32. The number of esters is 1. The van der Waals surface area contributed by atoms with Crippen LogP contribution in [0.1, 0.15) is 39.1 Å². The highest BCUT2D eigenvalue weighted by Crippen LogP contribution is 2.21. The number of halogens is 1. The van der Waals surface area contributed by atoms with Crippen molar-refractivity contribution < 1.29 is 28.3 Å². The number of ether oxygens (including phenoxy) is 1. The molecule has 7 heteroatoms. The minimum absolute atomic E-state index is 0.0142. The van der Waals surface area contributed by atoms with Gasteiger partial charge in [-0.1, -0.05) is 24.3 Å². The molecule has 1 unspecified atom stereocenters. The molecule has 3 rings (SSSR count). The van der Waals surface area contributed by atoms with Gasteiger partial charge in [-0.15, -0.1) is 5.06 Å². The predicted octanol–water partition coefficient (Wildman–Crippen LogP) is 3.21. The van der Waals surface area contributed by atoms with Crippen LogP contribution in [-0.4, -0.2) is 43.0 Å².